The summed E-state index contributed by atoms with van der Waals surface area (Å²) in [6.45, 7) is 4.08. The van der Waals surface area contributed by atoms with Gasteiger partial charge in [0.05, 0.1) is 6.10 Å². The van der Waals surface area contributed by atoms with E-state index in [0.717, 1.165) is 11.3 Å². The molecule has 0 radical (unpaired) electrons. The molecule has 20 heavy (non-hydrogen) atoms. The second-order valence-corrected chi connectivity index (χ2v) is 4.98. The lowest BCUT2D eigenvalue weighted by Gasteiger charge is -2.19. The molecule has 1 aliphatic rings. The zero-order valence-electron chi connectivity index (χ0n) is 11.9. The molecule has 2 rings (SSSR count). The second kappa shape index (κ2) is 5.66. The van der Waals surface area contributed by atoms with E-state index in [9.17, 15) is 14.7 Å². The summed E-state index contributed by atoms with van der Waals surface area (Å²) in [5, 5.41) is 9.22. The Labute approximate surface area is 117 Å². The van der Waals surface area contributed by atoms with E-state index in [2.05, 4.69) is 0 Å². The molecule has 6 nitrogen and oxygen atoms in total. The number of carbonyl (C=O) groups excluding carboxylic acids is 1. The Balaban J connectivity index is 2.24. The van der Waals surface area contributed by atoms with E-state index < -0.39 is 12.0 Å². The Morgan fingerprint density at radius 1 is 1.55 bits per heavy atom. The topological polar surface area (TPSA) is 80.0 Å². The van der Waals surface area contributed by atoms with Gasteiger partial charge in [0.1, 0.15) is 11.8 Å². The molecule has 2 heterocycles. The largest absolute Gasteiger partial charge is 0.480 e. The fourth-order valence-electron chi connectivity index (χ4n) is 2.54. The van der Waals surface area contributed by atoms with Crippen molar-refractivity contribution in [2.24, 2.45) is 0 Å². The molecule has 1 aromatic heterocycles. The predicted molar refractivity (Wildman–Crippen MR) is 70.7 cm³/mol. The maximum atomic E-state index is 12.4. The summed E-state index contributed by atoms with van der Waals surface area (Å²) in [7, 11) is 1.52. The van der Waals surface area contributed by atoms with E-state index in [0.29, 0.717) is 12.8 Å². The van der Waals surface area contributed by atoms with Gasteiger partial charge in [-0.05, 0) is 18.6 Å². The molecule has 1 aromatic rings. The highest BCUT2D eigenvalue weighted by Crippen LogP contribution is 2.24. The summed E-state index contributed by atoms with van der Waals surface area (Å²) in [4.78, 5) is 25.0. The van der Waals surface area contributed by atoms with Gasteiger partial charge >= 0.3 is 5.97 Å². The highest BCUT2D eigenvalue weighted by atomic mass is 16.5. The minimum Gasteiger partial charge on any atom is -0.480 e. The molecule has 2 unspecified atom stereocenters. The Bertz CT molecular complexity index is 522. The van der Waals surface area contributed by atoms with Crippen LogP contribution in [0, 0.1) is 6.92 Å². The lowest BCUT2D eigenvalue weighted by Crippen LogP contribution is -2.40. The minimum absolute atomic E-state index is 0.197. The third kappa shape index (κ3) is 2.56. The van der Waals surface area contributed by atoms with Crippen LogP contribution in [0.2, 0.25) is 0 Å². The van der Waals surface area contributed by atoms with Gasteiger partial charge in [0.25, 0.3) is 5.91 Å². The van der Waals surface area contributed by atoms with Gasteiger partial charge in [-0.25, -0.2) is 4.79 Å². The SMILES string of the molecule is CCc1oc(C(=O)N2CC(OC)CC2C(=O)O)cc1C. The summed E-state index contributed by atoms with van der Waals surface area (Å²) in [5.41, 5.74) is 0.908. The molecule has 6 heteroatoms. The molecule has 0 aromatic carbocycles. The fourth-order valence-corrected chi connectivity index (χ4v) is 2.54. The van der Waals surface area contributed by atoms with Crippen molar-refractivity contribution in [1.82, 2.24) is 4.90 Å². The molecule has 1 fully saturated rings. The summed E-state index contributed by atoms with van der Waals surface area (Å²) >= 11 is 0. The maximum Gasteiger partial charge on any atom is 0.326 e. The quantitative estimate of drug-likeness (QED) is 0.903. The van der Waals surface area contributed by atoms with Crippen molar-refractivity contribution in [1.29, 1.82) is 0 Å². The van der Waals surface area contributed by atoms with Gasteiger partial charge in [-0.1, -0.05) is 6.92 Å². The highest BCUT2D eigenvalue weighted by molar-refractivity contribution is 5.95. The minimum atomic E-state index is -1.02. The number of hydrogen-bond acceptors (Lipinski definition) is 4. The van der Waals surface area contributed by atoms with Crippen LogP contribution in [0.5, 0.6) is 0 Å². The van der Waals surface area contributed by atoms with E-state index in [1.54, 1.807) is 6.07 Å². The smallest absolute Gasteiger partial charge is 0.326 e. The molecule has 0 spiro atoms. The third-order valence-electron chi connectivity index (χ3n) is 3.69. The lowest BCUT2D eigenvalue weighted by molar-refractivity contribution is -0.141. The number of aryl methyl sites for hydroxylation is 2. The lowest BCUT2D eigenvalue weighted by atomic mass is 10.2. The number of carboxylic acids is 1. The molecule has 1 N–H and O–H groups in total. The van der Waals surface area contributed by atoms with E-state index in [4.69, 9.17) is 9.15 Å². The number of rotatable bonds is 4. The van der Waals surface area contributed by atoms with Crippen LogP contribution in [-0.4, -0.2) is 47.7 Å². The molecule has 110 valence electrons. The van der Waals surface area contributed by atoms with E-state index in [1.807, 2.05) is 13.8 Å². The molecular formula is C14H19NO5. The van der Waals surface area contributed by atoms with Crippen LogP contribution in [0.4, 0.5) is 0 Å². The number of carboxylic acid groups (broad SMARTS) is 1. The normalized spacial score (nSPS) is 22.2. The molecule has 1 aliphatic heterocycles. The highest BCUT2D eigenvalue weighted by Gasteiger charge is 2.41. The summed E-state index contributed by atoms with van der Waals surface area (Å²) < 4.78 is 10.7. The molecule has 1 amide bonds. The molecule has 0 saturated carbocycles. The molecule has 2 atom stereocenters. The Morgan fingerprint density at radius 3 is 2.75 bits per heavy atom. The van der Waals surface area contributed by atoms with Crippen LogP contribution in [0.25, 0.3) is 0 Å². The van der Waals surface area contributed by atoms with Crippen molar-refractivity contribution >= 4 is 11.9 Å². The fraction of sp³-hybridized carbons (Fsp3) is 0.571. The van der Waals surface area contributed by atoms with Gasteiger partial charge in [-0.15, -0.1) is 0 Å². The van der Waals surface area contributed by atoms with Crippen LogP contribution in [0.3, 0.4) is 0 Å². The number of nitrogens with zero attached hydrogens (tertiary/aromatic N) is 1. The van der Waals surface area contributed by atoms with Crippen LogP contribution in [-0.2, 0) is 16.0 Å². The monoisotopic (exact) mass is 281 g/mol. The Morgan fingerprint density at radius 2 is 2.25 bits per heavy atom. The number of methoxy groups -OCH3 is 1. The Hall–Kier alpha value is -1.82. The van der Waals surface area contributed by atoms with Crippen molar-refractivity contribution in [3.8, 4) is 0 Å². The van der Waals surface area contributed by atoms with Gasteiger partial charge in [0.15, 0.2) is 5.76 Å². The van der Waals surface area contributed by atoms with Crippen LogP contribution in [0.15, 0.2) is 10.5 Å². The third-order valence-corrected chi connectivity index (χ3v) is 3.69. The first-order valence-electron chi connectivity index (χ1n) is 6.63. The number of ether oxygens (including phenoxy) is 1. The van der Waals surface area contributed by atoms with Gasteiger partial charge in [0, 0.05) is 26.5 Å². The van der Waals surface area contributed by atoms with E-state index in [-0.39, 0.29) is 24.3 Å². The molecule has 1 saturated heterocycles. The number of hydrogen-bond donors (Lipinski definition) is 1. The molecule has 0 aliphatic carbocycles. The number of aliphatic carboxylic acids is 1. The zero-order valence-corrected chi connectivity index (χ0v) is 11.9. The average molecular weight is 281 g/mol. The van der Waals surface area contributed by atoms with Gasteiger partial charge < -0.3 is 19.2 Å². The summed E-state index contributed by atoms with van der Waals surface area (Å²) in [6.07, 6.45) is 0.752. The molecular weight excluding hydrogens is 262 g/mol. The summed E-state index contributed by atoms with van der Waals surface area (Å²) in [5.74, 6) is -0.457. The zero-order chi connectivity index (χ0) is 14.9. The summed E-state index contributed by atoms with van der Waals surface area (Å²) in [6, 6.07) is 0.808. The van der Waals surface area contributed by atoms with E-state index in [1.165, 1.54) is 12.0 Å². The van der Waals surface area contributed by atoms with Crippen LogP contribution in [0.1, 0.15) is 35.2 Å². The first-order chi connectivity index (χ1) is 9.47. The predicted octanol–water partition coefficient (Wildman–Crippen LogP) is 1.46. The van der Waals surface area contributed by atoms with Crippen molar-refractivity contribution in [2.75, 3.05) is 13.7 Å². The number of furan rings is 1. The first kappa shape index (κ1) is 14.6. The van der Waals surface area contributed by atoms with Crippen molar-refractivity contribution in [3.05, 3.63) is 23.2 Å². The van der Waals surface area contributed by atoms with Crippen molar-refractivity contribution in [2.45, 2.75) is 38.8 Å². The van der Waals surface area contributed by atoms with Crippen LogP contribution >= 0.6 is 0 Å². The Kier molecular flexibility index (Phi) is 4.13. The standard InChI is InChI=1S/C14H19NO5/c1-4-11-8(2)5-12(20-11)13(16)15-7-9(19-3)6-10(15)14(17)18/h5,9-10H,4,6-7H2,1-3H3,(H,17,18). The number of amides is 1. The van der Waals surface area contributed by atoms with Crippen LogP contribution < -0.4 is 0 Å². The maximum absolute atomic E-state index is 12.4. The number of likely N-dealkylation sites (tertiary alicyclic amines) is 1. The number of carbonyl (C=O) groups is 2. The van der Waals surface area contributed by atoms with E-state index >= 15 is 0 Å². The first-order valence-corrected chi connectivity index (χ1v) is 6.63. The molecule has 0 bridgehead atoms. The van der Waals surface area contributed by atoms with Crippen molar-refractivity contribution < 1.29 is 23.8 Å². The van der Waals surface area contributed by atoms with Crippen molar-refractivity contribution in [3.63, 3.8) is 0 Å². The van der Waals surface area contributed by atoms with Gasteiger partial charge in [-0.2, -0.15) is 0 Å². The van der Waals surface area contributed by atoms with Gasteiger partial charge in [-0.3, -0.25) is 4.79 Å². The average Bonchev–Trinajstić information content (AvgIpc) is 3.01. The van der Waals surface area contributed by atoms with Gasteiger partial charge in [0.2, 0.25) is 0 Å². The second-order valence-electron chi connectivity index (χ2n) is 4.98.